The van der Waals surface area contributed by atoms with Crippen LogP contribution in [0.2, 0.25) is 0 Å². The zero-order chi connectivity index (χ0) is 22.0. The maximum absolute atomic E-state index is 12.6. The van der Waals surface area contributed by atoms with Crippen LogP contribution >= 0.6 is 0 Å². The van der Waals surface area contributed by atoms with E-state index >= 15 is 0 Å². The van der Waals surface area contributed by atoms with Gasteiger partial charge in [0, 0.05) is 32.0 Å². The Hall–Kier alpha value is -2.88. The lowest BCUT2D eigenvalue weighted by Crippen LogP contribution is -2.45. The summed E-state index contributed by atoms with van der Waals surface area (Å²) in [5, 5.41) is 3.00. The fraction of sp³-hybridized carbons (Fsp3) is 0.476. The number of halogens is 3. The van der Waals surface area contributed by atoms with Gasteiger partial charge in [-0.15, -0.1) is 13.2 Å². The van der Waals surface area contributed by atoms with E-state index in [9.17, 15) is 18.0 Å². The van der Waals surface area contributed by atoms with Gasteiger partial charge in [0.25, 0.3) is 5.91 Å². The van der Waals surface area contributed by atoms with Gasteiger partial charge >= 0.3 is 6.36 Å². The molecule has 1 saturated carbocycles. The van der Waals surface area contributed by atoms with Crippen LogP contribution in [0.3, 0.4) is 0 Å². The summed E-state index contributed by atoms with van der Waals surface area (Å²) in [6.45, 7) is 2.46. The Bertz CT molecular complexity index is 932. The van der Waals surface area contributed by atoms with Crippen molar-refractivity contribution in [1.82, 2.24) is 19.8 Å². The number of nitrogens with one attached hydrogen (secondary N) is 1. The van der Waals surface area contributed by atoms with Gasteiger partial charge in [-0.05, 0) is 55.5 Å². The molecule has 2 aliphatic rings. The molecule has 1 amide bonds. The number of anilines is 1. The van der Waals surface area contributed by atoms with Gasteiger partial charge < -0.3 is 15.0 Å². The molecule has 10 heteroatoms. The quantitative estimate of drug-likeness (QED) is 0.748. The molecule has 31 heavy (non-hydrogen) atoms. The summed E-state index contributed by atoms with van der Waals surface area (Å²) >= 11 is 0. The molecular formula is C21H24F3N5O2. The molecule has 0 radical (unpaired) electrons. The number of hydrogen-bond acceptors (Lipinski definition) is 6. The topological polar surface area (TPSA) is 70.6 Å². The molecule has 1 aromatic heterocycles. The normalized spacial score (nSPS) is 17.5. The molecule has 1 aliphatic carbocycles. The van der Waals surface area contributed by atoms with Crippen molar-refractivity contribution in [3.05, 3.63) is 47.3 Å². The molecule has 0 unspecified atom stereocenters. The highest BCUT2D eigenvalue weighted by molar-refractivity contribution is 5.93. The molecule has 7 nitrogen and oxygen atoms in total. The Morgan fingerprint density at radius 1 is 1.19 bits per heavy atom. The van der Waals surface area contributed by atoms with Crippen LogP contribution in [-0.2, 0) is 6.54 Å². The van der Waals surface area contributed by atoms with E-state index in [2.05, 4.69) is 24.9 Å². The average Bonchev–Trinajstić information content (AvgIpc) is 3.56. The number of hydrogen-bond donors (Lipinski definition) is 1. The van der Waals surface area contributed by atoms with E-state index in [4.69, 9.17) is 0 Å². The summed E-state index contributed by atoms with van der Waals surface area (Å²) in [6.07, 6.45) is 1.04. The first-order valence-electron chi connectivity index (χ1n) is 10.2. The van der Waals surface area contributed by atoms with Crippen molar-refractivity contribution in [2.45, 2.75) is 38.1 Å². The second-order valence-corrected chi connectivity index (χ2v) is 8.02. The molecule has 166 valence electrons. The molecule has 0 spiro atoms. The maximum atomic E-state index is 12.6. The lowest BCUT2D eigenvalue weighted by molar-refractivity contribution is -0.274. The van der Waals surface area contributed by atoms with Gasteiger partial charge in [0.1, 0.15) is 5.75 Å². The van der Waals surface area contributed by atoms with Crippen molar-refractivity contribution in [2.75, 3.05) is 32.1 Å². The summed E-state index contributed by atoms with van der Waals surface area (Å²) in [5.74, 6) is 0.236. The van der Waals surface area contributed by atoms with E-state index in [0.29, 0.717) is 30.3 Å². The van der Waals surface area contributed by atoms with E-state index in [1.165, 1.54) is 24.5 Å². The van der Waals surface area contributed by atoms with Crippen molar-refractivity contribution in [3.63, 3.8) is 0 Å². The SMILES string of the molecule is CN1CCCN(C(=O)c2cnc(NCc3cc(OC(F)(F)F)cc(C4CC4)c3)nc2)C1. The molecular weight excluding hydrogens is 411 g/mol. The second kappa shape index (κ2) is 8.70. The number of ether oxygens (including phenoxy) is 1. The standard InChI is InChI=1S/C21H24F3N5O2/c1-28-5-2-6-29(13-28)19(30)17-11-26-20(27-12-17)25-10-14-7-16(15-3-4-15)9-18(8-14)31-21(22,23)24/h7-9,11-12,15H,2-6,10,13H2,1H3,(H,25,26,27). The summed E-state index contributed by atoms with van der Waals surface area (Å²) in [4.78, 5) is 24.8. The highest BCUT2D eigenvalue weighted by atomic mass is 19.4. The van der Waals surface area contributed by atoms with Crippen molar-refractivity contribution >= 4 is 11.9 Å². The average molecular weight is 435 g/mol. The first-order chi connectivity index (χ1) is 14.8. The van der Waals surface area contributed by atoms with Gasteiger partial charge in [-0.1, -0.05) is 6.07 Å². The zero-order valence-corrected chi connectivity index (χ0v) is 17.2. The maximum Gasteiger partial charge on any atom is 0.573 e. The Morgan fingerprint density at radius 3 is 2.58 bits per heavy atom. The molecule has 4 rings (SSSR count). The predicted molar refractivity (Wildman–Crippen MR) is 108 cm³/mol. The molecule has 0 bridgehead atoms. The van der Waals surface area contributed by atoms with E-state index in [1.54, 1.807) is 4.90 Å². The van der Waals surface area contributed by atoms with Gasteiger partial charge in [-0.3, -0.25) is 9.69 Å². The van der Waals surface area contributed by atoms with Crippen LogP contribution in [0.5, 0.6) is 5.75 Å². The van der Waals surface area contributed by atoms with Crippen LogP contribution in [0.1, 0.15) is 46.7 Å². The number of carbonyl (C=O) groups is 1. The van der Waals surface area contributed by atoms with Crippen molar-refractivity contribution in [3.8, 4) is 5.75 Å². The number of carbonyl (C=O) groups excluding carboxylic acids is 1. The smallest absolute Gasteiger partial charge is 0.406 e. The Kier molecular flexibility index (Phi) is 5.99. The minimum absolute atomic E-state index is 0.121. The number of benzene rings is 1. The minimum Gasteiger partial charge on any atom is -0.406 e. The molecule has 2 fully saturated rings. The van der Waals surface area contributed by atoms with Crippen LogP contribution in [-0.4, -0.2) is 58.8 Å². The number of aromatic nitrogens is 2. The first-order valence-corrected chi connectivity index (χ1v) is 10.2. The third-order valence-electron chi connectivity index (χ3n) is 5.29. The lowest BCUT2D eigenvalue weighted by atomic mass is 10.1. The van der Waals surface area contributed by atoms with Gasteiger partial charge in [0.2, 0.25) is 5.95 Å². The van der Waals surface area contributed by atoms with Crippen LogP contribution < -0.4 is 10.1 Å². The molecule has 1 aliphatic heterocycles. The fourth-order valence-electron chi connectivity index (χ4n) is 3.66. The molecule has 1 N–H and O–H groups in total. The molecule has 1 saturated heterocycles. The van der Waals surface area contributed by atoms with Gasteiger partial charge in [-0.25, -0.2) is 9.97 Å². The zero-order valence-electron chi connectivity index (χ0n) is 17.2. The van der Waals surface area contributed by atoms with Crippen LogP contribution in [0.15, 0.2) is 30.6 Å². The summed E-state index contributed by atoms with van der Waals surface area (Å²) in [5.41, 5.74) is 1.88. The van der Waals surface area contributed by atoms with Gasteiger partial charge in [0.05, 0.1) is 12.2 Å². The summed E-state index contributed by atoms with van der Waals surface area (Å²) in [6, 6.07) is 4.68. The molecule has 2 aromatic rings. The van der Waals surface area contributed by atoms with E-state index < -0.39 is 6.36 Å². The van der Waals surface area contributed by atoms with Gasteiger partial charge in [-0.2, -0.15) is 0 Å². The van der Waals surface area contributed by atoms with E-state index in [0.717, 1.165) is 31.4 Å². The van der Waals surface area contributed by atoms with Crippen molar-refractivity contribution < 1.29 is 22.7 Å². The van der Waals surface area contributed by atoms with Crippen LogP contribution in [0, 0.1) is 0 Å². The molecule has 2 heterocycles. The number of nitrogens with zero attached hydrogens (tertiary/aromatic N) is 4. The third-order valence-corrected chi connectivity index (χ3v) is 5.29. The molecule has 0 atom stereocenters. The number of alkyl halides is 3. The largest absolute Gasteiger partial charge is 0.573 e. The second-order valence-electron chi connectivity index (χ2n) is 8.02. The first kappa shape index (κ1) is 21.4. The van der Waals surface area contributed by atoms with Crippen molar-refractivity contribution in [2.24, 2.45) is 0 Å². The predicted octanol–water partition coefficient (Wildman–Crippen LogP) is 3.60. The number of amides is 1. The monoisotopic (exact) mass is 435 g/mol. The summed E-state index contributed by atoms with van der Waals surface area (Å²) < 4.78 is 42.0. The Labute approximate surface area is 178 Å². The van der Waals surface area contributed by atoms with Gasteiger partial charge in [0.15, 0.2) is 0 Å². The highest BCUT2D eigenvalue weighted by Gasteiger charge is 2.32. The van der Waals surface area contributed by atoms with Crippen LogP contribution in [0.25, 0.3) is 0 Å². The highest BCUT2D eigenvalue weighted by Crippen LogP contribution is 2.42. The summed E-state index contributed by atoms with van der Waals surface area (Å²) in [7, 11) is 1.96. The fourth-order valence-corrected chi connectivity index (χ4v) is 3.66. The number of rotatable bonds is 6. The minimum atomic E-state index is -4.73. The third kappa shape index (κ3) is 5.84. The van der Waals surface area contributed by atoms with Crippen LogP contribution in [0.4, 0.5) is 19.1 Å². The van der Waals surface area contributed by atoms with E-state index in [-0.39, 0.29) is 24.1 Å². The van der Waals surface area contributed by atoms with Crippen molar-refractivity contribution in [1.29, 1.82) is 0 Å². The Morgan fingerprint density at radius 2 is 1.94 bits per heavy atom. The van der Waals surface area contributed by atoms with E-state index in [1.807, 2.05) is 13.1 Å². The Balaban J connectivity index is 1.40. The lowest BCUT2D eigenvalue weighted by Gasteiger charge is -2.33. The molecule has 1 aromatic carbocycles.